The van der Waals surface area contributed by atoms with Crippen molar-refractivity contribution in [2.45, 2.75) is 76.2 Å². The number of carbonyl (C=O) groups is 1. The largest absolute Gasteiger partial charge is 0.340 e. The lowest BCUT2D eigenvalue weighted by Crippen LogP contribution is -2.12. The summed E-state index contributed by atoms with van der Waals surface area (Å²) in [5.74, 6) is 1.70. The van der Waals surface area contributed by atoms with Crippen molar-refractivity contribution in [3.05, 3.63) is 93.2 Å². The molecule has 1 heterocycles. The van der Waals surface area contributed by atoms with Crippen LogP contribution in [-0.2, 0) is 0 Å². The molecule has 0 radical (unpaired) electrons. The Morgan fingerprint density at radius 3 is 2.07 bits per heavy atom. The molecule has 1 atom stereocenters. The van der Waals surface area contributed by atoms with Crippen molar-refractivity contribution >= 4 is 28.8 Å². The van der Waals surface area contributed by atoms with E-state index in [0.717, 1.165) is 11.8 Å². The molecule has 0 bridgehead atoms. The molecule has 41 heavy (non-hydrogen) atoms. The van der Waals surface area contributed by atoms with Crippen LogP contribution in [0.25, 0.3) is 0 Å². The lowest BCUT2D eigenvalue weighted by atomic mass is 9.96. The van der Waals surface area contributed by atoms with Gasteiger partial charge in [0.05, 0.1) is 4.92 Å². The van der Waals surface area contributed by atoms with E-state index in [-0.39, 0.29) is 18.7 Å². The maximum absolute atomic E-state index is 13.5. The number of hydrogen-bond donors (Lipinski definition) is 2. The van der Waals surface area contributed by atoms with Crippen LogP contribution in [0.5, 0.6) is 0 Å². The molecule has 0 aliphatic carbocycles. The minimum Gasteiger partial charge on any atom is -0.340 e. The topological polar surface area (TPSA) is 110 Å². The van der Waals surface area contributed by atoms with Gasteiger partial charge in [0, 0.05) is 40.3 Å². The number of nitrogens with zero attached hydrogens (tertiary/aromatic N) is 3. The quantitative estimate of drug-likeness (QED) is 0.127. The van der Waals surface area contributed by atoms with Gasteiger partial charge in [-0.2, -0.15) is 9.37 Å². The molecule has 3 rings (SSSR count). The maximum Gasteiger partial charge on any atom is 0.310 e. The Bertz CT molecular complexity index is 1290. The number of hydrogen-bond acceptors (Lipinski definition) is 6. The molecule has 0 fully saturated rings. The van der Waals surface area contributed by atoms with E-state index in [2.05, 4.69) is 68.2 Å². The zero-order chi connectivity index (χ0) is 30.4. The van der Waals surface area contributed by atoms with Gasteiger partial charge < -0.3 is 10.6 Å². The molecule has 9 heteroatoms. The first kappa shape index (κ1) is 36.9. The number of amides is 1. The first-order valence-corrected chi connectivity index (χ1v) is 13.3. The Kier molecular flexibility index (Phi) is 16.4. The van der Waals surface area contributed by atoms with E-state index < -0.39 is 16.9 Å². The smallest absolute Gasteiger partial charge is 0.310 e. The average molecular weight is 568 g/mol. The summed E-state index contributed by atoms with van der Waals surface area (Å²) >= 11 is 0. The van der Waals surface area contributed by atoms with Gasteiger partial charge in [0.2, 0.25) is 0 Å². The van der Waals surface area contributed by atoms with Gasteiger partial charge in [-0.1, -0.05) is 59.3 Å². The number of anilines is 3. The summed E-state index contributed by atoms with van der Waals surface area (Å²) in [6, 6.07) is 12.1. The van der Waals surface area contributed by atoms with Crippen molar-refractivity contribution in [2.24, 2.45) is 11.8 Å². The number of allylic oxidation sites excluding steroid dienone is 2. The van der Waals surface area contributed by atoms with Crippen molar-refractivity contribution in [2.75, 3.05) is 10.6 Å². The van der Waals surface area contributed by atoms with Crippen molar-refractivity contribution in [3.8, 4) is 0 Å². The van der Waals surface area contributed by atoms with Gasteiger partial charge in [0.15, 0.2) is 0 Å². The van der Waals surface area contributed by atoms with Crippen LogP contribution in [0.2, 0.25) is 0 Å². The van der Waals surface area contributed by atoms with E-state index in [1.807, 2.05) is 6.92 Å². The number of benzene rings is 2. The number of halogens is 1. The minimum atomic E-state index is -0.826. The molecule has 1 aromatic heterocycles. The fourth-order valence-electron chi connectivity index (χ4n) is 2.94. The molecule has 0 saturated heterocycles. The van der Waals surface area contributed by atoms with Crippen LogP contribution in [0.1, 0.15) is 83.9 Å². The zero-order valence-electron chi connectivity index (χ0n) is 25.0. The number of carbonyl (C=O) groups excluding carboxylic acids is 1. The third kappa shape index (κ3) is 13.2. The van der Waals surface area contributed by atoms with Crippen LogP contribution in [0.4, 0.5) is 27.3 Å². The fourth-order valence-corrected chi connectivity index (χ4v) is 2.94. The molecular formula is C32H46FN5O3. The van der Waals surface area contributed by atoms with Crippen molar-refractivity contribution in [1.82, 2.24) is 9.97 Å². The number of nitro benzene ring substituents is 1. The number of aromatic nitrogens is 2. The predicted octanol–water partition coefficient (Wildman–Crippen LogP) is 9.43. The maximum atomic E-state index is 13.5. The highest BCUT2D eigenvalue weighted by Crippen LogP contribution is 2.23. The highest BCUT2D eigenvalue weighted by atomic mass is 19.1. The Hall–Kier alpha value is -4.14. The Balaban J connectivity index is 0.00000104. The van der Waals surface area contributed by atoms with E-state index in [0.29, 0.717) is 28.5 Å². The summed E-state index contributed by atoms with van der Waals surface area (Å²) < 4.78 is 13.5. The van der Waals surface area contributed by atoms with Crippen molar-refractivity contribution in [3.63, 3.8) is 0 Å². The van der Waals surface area contributed by atoms with Gasteiger partial charge in [0.25, 0.3) is 11.6 Å². The summed E-state index contributed by atoms with van der Waals surface area (Å²) in [5.41, 5.74) is 3.91. The summed E-state index contributed by atoms with van der Waals surface area (Å²) in [6.45, 7) is 18.7. The normalized spacial score (nSPS) is 10.5. The zero-order valence-corrected chi connectivity index (χ0v) is 25.0. The van der Waals surface area contributed by atoms with Gasteiger partial charge in [0.1, 0.15) is 5.82 Å². The van der Waals surface area contributed by atoms with Gasteiger partial charge in [-0.05, 0) is 76.8 Å². The van der Waals surface area contributed by atoms with E-state index in [9.17, 15) is 19.3 Å². The van der Waals surface area contributed by atoms with Crippen LogP contribution < -0.4 is 10.6 Å². The number of nitrogens with one attached hydrogen (secondary N) is 2. The second-order valence-corrected chi connectivity index (χ2v) is 10.0. The molecule has 0 saturated carbocycles. The molecule has 3 aromatic rings. The molecule has 1 unspecified atom stereocenters. The third-order valence-corrected chi connectivity index (χ3v) is 6.44. The molecule has 1 amide bonds. The van der Waals surface area contributed by atoms with E-state index >= 15 is 0 Å². The molecular weight excluding hydrogens is 521 g/mol. The lowest BCUT2D eigenvalue weighted by molar-refractivity contribution is -0.384. The van der Waals surface area contributed by atoms with E-state index in [4.69, 9.17) is 0 Å². The number of aryl methyl sites for hydroxylation is 1. The minimum absolute atomic E-state index is 0. The van der Waals surface area contributed by atoms with Crippen LogP contribution >= 0.6 is 0 Å². The molecule has 2 N–H and O–H groups in total. The van der Waals surface area contributed by atoms with Crippen LogP contribution in [-0.4, -0.2) is 20.8 Å². The number of rotatable bonds is 7. The summed E-state index contributed by atoms with van der Waals surface area (Å²) in [6.07, 6.45) is 2.57. The fraction of sp³-hybridized carbons (Fsp3) is 0.406. The summed E-state index contributed by atoms with van der Waals surface area (Å²) in [7, 11) is 0. The third-order valence-electron chi connectivity index (χ3n) is 6.44. The highest BCUT2D eigenvalue weighted by Gasteiger charge is 2.11. The second kappa shape index (κ2) is 18.3. The Morgan fingerprint density at radius 1 is 1.05 bits per heavy atom. The molecule has 0 aliphatic heterocycles. The van der Waals surface area contributed by atoms with E-state index in [1.165, 1.54) is 36.3 Å². The van der Waals surface area contributed by atoms with E-state index in [1.54, 1.807) is 38.1 Å². The molecule has 0 spiro atoms. The Labute approximate surface area is 244 Å². The standard InChI is InChI=1S/C19H16FN5O3.C7H16.C5H10.CH4/c1-11-12(2)21-19(20)24-17(11)22-14-4-3-5-15(10-14)23-18(26)13-6-8-16(9-7-13)25(27)28;1-5-7(4)6(2)3;1-4-5(2)3;/h3-10H,1-2H3,(H,23,26)(H,21,22,24);6-7H,5H2,1-4H3;4H,1-3H3;1H4. The van der Waals surface area contributed by atoms with Gasteiger partial charge >= 0.3 is 6.08 Å². The number of non-ortho nitro benzene ring substituents is 1. The van der Waals surface area contributed by atoms with Crippen LogP contribution in [0.3, 0.4) is 0 Å². The average Bonchev–Trinajstić information content (AvgIpc) is 2.91. The molecule has 2 aromatic carbocycles. The molecule has 8 nitrogen and oxygen atoms in total. The Morgan fingerprint density at radius 2 is 1.61 bits per heavy atom. The monoisotopic (exact) mass is 567 g/mol. The van der Waals surface area contributed by atoms with Gasteiger partial charge in [-0.15, -0.1) is 0 Å². The van der Waals surface area contributed by atoms with Crippen molar-refractivity contribution < 1.29 is 14.1 Å². The van der Waals surface area contributed by atoms with Gasteiger partial charge in [-0.25, -0.2) is 4.98 Å². The molecule has 0 aliphatic rings. The summed E-state index contributed by atoms with van der Waals surface area (Å²) in [5, 5.41) is 16.4. The SMILES string of the molecule is C.CC=C(C)C.CCC(C)C(C)C.Cc1nc(F)nc(Nc2cccc(NC(=O)c3ccc([N+](=O)[O-])cc3)c2)c1C. The summed E-state index contributed by atoms with van der Waals surface area (Å²) in [4.78, 5) is 29.9. The first-order chi connectivity index (χ1) is 18.8. The molecule has 224 valence electrons. The predicted molar refractivity (Wildman–Crippen MR) is 168 cm³/mol. The number of nitro groups is 1. The lowest BCUT2D eigenvalue weighted by Gasteiger charge is -2.12. The van der Waals surface area contributed by atoms with Crippen molar-refractivity contribution in [1.29, 1.82) is 0 Å². The van der Waals surface area contributed by atoms with Crippen LogP contribution in [0.15, 0.2) is 60.2 Å². The first-order valence-electron chi connectivity index (χ1n) is 13.3. The highest BCUT2D eigenvalue weighted by molar-refractivity contribution is 6.04. The second-order valence-electron chi connectivity index (χ2n) is 10.0. The van der Waals surface area contributed by atoms with Gasteiger partial charge in [-0.3, -0.25) is 14.9 Å². The van der Waals surface area contributed by atoms with Crippen LogP contribution in [0, 0.1) is 41.9 Å².